The standard InChI is InChI=1S/C12H11BrF2N2/c13-8-5-11(10(15)6-9(8)14)17-7-12(1-2-12)3-4-16/h5-6,17H,1-3,7H2. The van der Waals surface area contributed by atoms with E-state index in [9.17, 15) is 8.78 Å². The second-order valence-corrected chi connectivity index (χ2v) is 5.29. The number of rotatable bonds is 4. The minimum absolute atomic E-state index is 0.0119. The number of anilines is 1. The minimum Gasteiger partial charge on any atom is -0.382 e. The largest absolute Gasteiger partial charge is 0.382 e. The van der Waals surface area contributed by atoms with Crippen LogP contribution in [-0.4, -0.2) is 6.54 Å². The molecule has 0 radical (unpaired) electrons. The van der Waals surface area contributed by atoms with Crippen molar-refractivity contribution in [1.29, 1.82) is 5.26 Å². The van der Waals surface area contributed by atoms with Crippen molar-refractivity contribution in [3.05, 3.63) is 28.2 Å². The molecule has 0 spiro atoms. The van der Waals surface area contributed by atoms with Gasteiger partial charge in [-0.15, -0.1) is 0 Å². The van der Waals surface area contributed by atoms with Gasteiger partial charge in [-0.25, -0.2) is 8.78 Å². The molecule has 0 saturated heterocycles. The maximum Gasteiger partial charge on any atom is 0.149 e. The van der Waals surface area contributed by atoms with E-state index in [1.165, 1.54) is 6.07 Å². The summed E-state index contributed by atoms with van der Waals surface area (Å²) in [5.74, 6) is -1.23. The highest BCUT2D eigenvalue weighted by atomic mass is 79.9. The average molecular weight is 301 g/mol. The lowest BCUT2D eigenvalue weighted by atomic mass is 10.0. The molecule has 0 amide bonds. The van der Waals surface area contributed by atoms with Crippen LogP contribution in [0.1, 0.15) is 19.3 Å². The van der Waals surface area contributed by atoms with Crippen LogP contribution >= 0.6 is 15.9 Å². The maximum absolute atomic E-state index is 13.4. The fraction of sp³-hybridized carbons (Fsp3) is 0.417. The molecule has 17 heavy (non-hydrogen) atoms. The van der Waals surface area contributed by atoms with Gasteiger partial charge in [0.15, 0.2) is 0 Å². The van der Waals surface area contributed by atoms with E-state index in [1.54, 1.807) is 0 Å². The van der Waals surface area contributed by atoms with E-state index in [4.69, 9.17) is 5.26 Å². The summed E-state index contributed by atoms with van der Waals surface area (Å²) in [7, 11) is 0. The molecule has 0 aliphatic heterocycles. The Morgan fingerprint density at radius 2 is 2.06 bits per heavy atom. The molecule has 1 N–H and O–H groups in total. The first-order valence-corrected chi connectivity index (χ1v) is 6.11. The second-order valence-electron chi connectivity index (χ2n) is 4.43. The topological polar surface area (TPSA) is 35.8 Å². The number of nitrogens with zero attached hydrogens (tertiary/aromatic N) is 1. The molecule has 0 heterocycles. The zero-order valence-electron chi connectivity index (χ0n) is 9.06. The van der Waals surface area contributed by atoms with Crippen LogP contribution in [0, 0.1) is 28.4 Å². The highest BCUT2D eigenvalue weighted by Gasteiger charge is 2.42. The Morgan fingerprint density at radius 1 is 1.35 bits per heavy atom. The third-order valence-corrected chi connectivity index (χ3v) is 3.68. The fourth-order valence-corrected chi connectivity index (χ4v) is 2.04. The Hall–Kier alpha value is -1.15. The summed E-state index contributed by atoms with van der Waals surface area (Å²) < 4.78 is 26.7. The zero-order chi connectivity index (χ0) is 12.5. The van der Waals surface area contributed by atoms with Gasteiger partial charge in [0.1, 0.15) is 11.6 Å². The van der Waals surface area contributed by atoms with Crippen molar-refractivity contribution in [2.75, 3.05) is 11.9 Å². The quantitative estimate of drug-likeness (QED) is 0.858. The van der Waals surface area contributed by atoms with Crippen LogP contribution < -0.4 is 5.32 Å². The second kappa shape index (κ2) is 4.61. The van der Waals surface area contributed by atoms with Crippen molar-refractivity contribution in [3.8, 4) is 6.07 Å². The van der Waals surface area contributed by atoms with E-state index in [0.717, 1.165) is 18.9 Å². The van der Waals surface area contributed by atoms with E-state index in [2.05, 4.69) is 27.3 Å². The van der Waals surface area contributed by atoms with Gasteiger partial charge in [0.25, 0.3) is 0 Å². The number of hydrogen-bond acceptors (Lipinski definition) is 2. The lowest BCUT2D eigenvalue weighted by Crippen LogP contribution is -2.15. The molecule has 1 fully saturated rings. The summed E-state index contributed by atoms with van der Waals surface area (Å²) in [6.07, 6.45) is 2.44. The Morgan fingerprint density at radius 3 is 2.65 bits per heavy atom. The molecule has 1 aliphatic rings. The third-order valence-electron chi connectivity index (χ3n) is 3.07. The summed E-state index contributed by atoms with van der Waals surface area (Å²) in [6.45, 7) is 0.551. The Balaban J connectivity index is 2.05. The van der Waals surface area contributed by atoms with E-state index in [0.29, 0.717) is 13.0 Å². The average Bonchev–Trinajstić information content (AvgIpc) is 3.03. The van der Waals surface area contributed by atoms with E-state index in [1.807, 2.05) is 0 Å². The van der Waals surface area contributed by atoms with Crippen molar-refractivity contribution >= 4 is 21.6 Å². The maximum atomic E-state index is 13.4. The predicted molar refractivity (Wildman–Crippen MR) is 64.4 cm³/mol. The molecule has 90 valence electrons. The monoisotopic (exact) mass is 300 g/mol. The van der Waals surface area contributed by atoms with Gasteiger partial charge < -0.3 is 5.32 Å². The van der Waals surface area contributed by atoms with Gasteiger partial charge in [-0.3, -0.25) is 0 Å². The first-order chi connectivity index (χ1) is 8.06. The Labute approximate surface area is 107 Å². The Kier molecular flexibility index (Phi) is 3.34. The smallest absolute Gasteiger partial charge is 0.149 e. The van der Waals surface area contributed by atoms with Crippen LogP contribution in [0.3, 0.4) is 0 Å². The molecule has 0 aromatic heterocycles. The summed E-state index contributed by atoms with van der Waals surface area (Å²) in [5, 5.41) is 11.6. The van der Waals surface area contributed by atoms with Crippen molar-refractivity contribution < 1.29 is 8.78 Å². The highest BCUT2D eigenvalue weighted by molar-refractivity contribution is 9.10. The van der Waals surface area contributed by atoms with Crippen LogP contribution in [0.5, 0.6) is 0 Å². The zero-order valence-corrected chi connectivity index (χ0v) is 10.7. The summed E-state index contributed by atoms with van der Waals surface area (Å²) in [4.78, 5) is 0. The van der Waals surface area contributed by atoms with Gasteiger partial charge in [-0.05, 0) is 34.8 Å². The molecule has 0 bridgehead atoms. The van der Waals surface area contributed by atoms with Crippen LogP contribution in [-0.2, 0) is 0 Å². The molecular formula is C12H11BrF2N2. The van der Waals surface area contributed by atoms with Gasteiger partial charge in [-0.2, -0.15) is 5.26 Å². The molecule has 0 atom stereocenters. The van der Waals surface area contributed by atoms with Gasteiger partial charge in [0.2, 0.25) is 0 Å². The molecule has 1 aliphatic carbocycles. The van der Waals surface area contributed by atoms with Crippen molar-refractivity contribution in [2.24, 2.45) is 5.41 Å². The van der Waals surface area contributed by atoms with Crippen LogP contribution in [0.2, 0.25) is 0 Å². The van der Waals surface area contributed by atoms with Crippen molar-refractivity contribution in [2.45, 2.75) is 19.3 Å². The summed E-state index contributed by atoms with van der Waals surface area (Å²) >= 11 is 3.01. The van der Waals surface area contributed by atoms with E-state index in [-0.39, 0.29) is 15.6 Å². The number of nitriles is 1. The van der Waals surface area contributed by atoms with Gasteiger partial charge in [-0.1, -0.05) is 0 Å². The van der Waals surface area contributed by atoms with Crippen molar-refractivity contribution in [3.63, 3.8) is 0 Å². The molecule has 0 unspecified atom stereocenters. The number of nitrogens with one attached hydrogen (secondary N) is 1. The molecular weight excluding hydrogens is 290 g/mol. The first-order valence-electron chi connectivity index (χ1n) is 5.32. The molecule has 2 rings (SSSR count). The SMILES string of the molecule is N#CCC1(CNc2cc(Br)c(F)cc2F)CC1. The molecule has 1 saturated carbocycles. The predicted octanol–water partition coefficient (Wildman–Crippen LogP) is 3.83. The van der Waals surface area contributed by atoms with E-state index < -0.39 is 11.6 Å². The number of hydrogen-bond donors (Lipinski definition) is 1. The summed E-state index contributed by atoms with van der Waals surface area (Å²) in [5.41, 5.74) is 0.254. The Bertz CT molecular complexity index is 478. The summed E-state index contributed by atoms with van der Waals surface area (Å²) in [6, 6.07) is 4.36. The fourth-order valence-electron chi connectivity index (χ4n) is 1.70. The van der Waals surface area contributed by atoms with E-state index >= 15 is 0 Å². The molecule has 2 nitrogen and oxygen atoms in total. The molecule has 5 heteroatoms. The van der Waals surface area contributed by atoms with Crippen LogP contribution in [0.25, 0.3) is 0 Å². The normalized spacial score (nSPS) is 16.4. The minimum atomic E-state index is -0.619. The van der Waals surface area contributed by atoms with Gasteiger partial charge >= 0.3 is 0 Å². The van der Waals surface area contributed by atoms with Gasteiger partial charge in [0.05, 0.1) is 16.2 Å². The first kappa shape index (κ1) is 12.3. The number of halogens is 3. The van der Waals surface area contributed by atoms with Crippen LogP contribution in [0.4, 0.5) is 14.5 Å². The molecule has 1 aromatic rings. The lowest BCUT2D eigenvalue weighted by molar-refractivity contribution is 0.549. The van der Waals surface area contributed by atoms with Crippen LogP contribution in [0.15, 0.2) is 16.6 Å². The van der Waals surface area contributed by atoms with Gasteiger partial charge in [0, 0.05) is 24.4 Å². The third kappa shape index (κ3) is 2.75. The molecule has 1 aromatic carbocycles. The van der Waals surface area contributed by atoms with Crippen molar-refractivity contribution in [1.82, 2.24) is 0 Å². The highest BCUT2D eigenvalue weighted by Crippen LogP contribution is 2.48. The lowest BCUT2D eigenvalue weighted by Gasteiger charge is -2.14. The number of benzene rings is 1.